The van der Waals surface area contributed by atoms with Crippen LogP contribution in [0.15, 0.2) is 27.8 Å². The standard InChI is InChI=1S/C11H14BrFN2/c1-11(2,3)15-14-7-8-5-4-6-9(12)10(8)13/h4-7,15H,1-3H3. The van der Waals surface area contributed by atoms with Crippen LogP contribution in [0, 0.1) is 5.82 Å². The fraction of sp³-hybridized carbons (Fsp3) is 0.364. The molecule has 1 rings (SSSR count). The molecule has 0 fully saturated rings. The minimum absolute atomic E-state index is 0.112. The zero-order chi connectivity index (χ0) is 11.5. The summed E-state index contributed by atoms with van der Waals surface area (Å²) in [5.41, 5.74) is 3.25. The van der Waals surface area contributed by atoms with Gasteiger partial charge in [-0.2, -0.15) is 5.10 Å². The Balaban J connectivity index is 2.77. The Hall–Kier alpha value is -0.900. The van der Waals surface area contributed by atoms with Crippen LogP contribution >= 0.6 is 15.9 Å². The van der Waals surface area contributed by atoms with Crippen molar-refractivity contribution in [2.75, 3.05) is 0 Å². The monoisotopic (exact) mass is 272 g/mol. The van der Waals surface area contributed by atoms with Crippen molar-refractivity contribution in [1.82, 2.24) is 5.43 Å². The molecule has 0 aliphatic carbocycles. The minimum Gasteiger partial charge on any atom is -0.305 e. The molecule has 0 saturated heterocycles. The van der Waals surface area contributed by atoms with E-state index in [2.05, 4.69) is 26.5 Å². The summed E-state index contributed by atoms with van der Waals surface area (Å²) in [6.07, 6.45) is 1.48. The summed E-state index contributed by atoms with van der Waals surface area (Å²) >= 11 is 3.12. The Bertz CT molecular complexity index is 369. The van der Waals surface area contributed by atoms with E-state index in [-0.39, 0.29) is 11.4 Å². The van der Waals surface area contributed by atoms with E-state index in [4.69, 9.17) is 0 Å². The molecule has 1 N–H and O–H groups in total. The highest BCUT2D eigenvalue weighted by Gasteiger charge is 2.07. The molecule has 0 amide bonds. The number of rotatable bonds is 2. The topological polar surface area (TPSA) is 24.4 Å². The summed E-state index contributed by atoms with van der Waals surface area (Å²) < 4.78 is 13.9. The summed E-state index contributed by atoms with van der Waals surface area (Å²) in [5.74, 6) is -0.294. The van der Waals surface area contributed by atoms with Crippen LogP contribution in [0.4, 0.5) is 4.39 Å². The van der Waals surface area contributed by atoms with Crippen molar-refractivity contribution in [1.29, 1.82) is 0 Å². The van der Waals surface area contributed by atoms with Gasteiger partial charge in [-0.05, 0) is 42.8 Å². The molecule has 1 aromatic carbocycles. The Kier molecular flexibility index (Phi) is 3.85. The highest BCUT2D eigenvalue weighted by Crippen LogP contribution is 2.17. The quantitative estimate of drug-likeness (QED) is 0.648. The third-order valence-corrected chi connectivity index (χ3v) is 2.20. The Labute approximate surface area is 97.7 Å². The highest BCUT2D eigenvalue weighted by molar-refractivity contribution is 9.10. The first-order chi connectivity index (χ1) is 6.90. The average molecular weight is 273 g/mol. The van der Waals surface area contributed by atoms with Gasteiger partial charge in [-0.3, -0.25) is 0 Å². The van der Waals surface area contributed by atoms with Gasteiger partial charge in [0.05, 0.1) is 10.7 Å². The number of nitrogens with zero attached hydrogens (tertiary/aromatic N) is 1. The van der Waals surface area contributed by atoms with Crippen LogP contribution in [0.2, 0.25) is 0 Å². The van der Waals surface area contributed by atoms with E-state index in [1.807, 2.05) is 20.8 Å². The SMILES string of the molecule is CC(C)(C)NN=Cc1cccc(Br)c1F. The number of halogens is 2. The van der Waals surface area contributed by atoms with Gasteiger partial charge in [0, 0.05) is 11.1 Å². The summed E-state index contributed by atoms with van der Waals surface area (Å²) in [6.45, 7) is 5.96. The van der Waals surface area contributed by atoms with Gasteiger partial charge in [-0.1, -0.05) is 12.1 Å². The van der Waals surface area contributed by atoms with Crippen molar-refractivity contribution in [2.45, 2.75) is 26.3 Å². The van der Waals surface area contributed by atoms with Crippen molar-refractivity contribution in [3.8, 4) is 0 Å². The number of hydrogen-bond donors (Lipinski definition) is 1. The molecule has 0 unspecified atom stereocenters. The van der Waals surface area contributed by atoms with E-state index in [1.54, 1.807) is 18.2 Å². The highest BCUT2D eigenvalue weighted by atomic mass is 79.9. The second-order valence-corrected chi connectivity index (χ2v) is 5.12. The predicted octanol–water partition coefficient (Wildman–Crippen LogP) is 3.31. The molecule has 0 atom stereocenters. The molecular formula is C11H14BrFN2. The van der Waals surface area contributed by atoms with Gasteiger partial charge in [-0.25, -0.2) is 4.39 Å². The van der Waals surface area contributed by atoms with Crippen LogP contribution in [0.1, 0.15) is 26.3 Å². The Morgan fingerprint density at radius 3 is 2.67 bits per heavy atom. The molecule has 15 heavy (non-hydrogen) atoms. The van der Waals surface area contributed by atoms with Gasteiger partial charge in [-0.15, -0.1) is 0 Å². The fourth-order valence-electron chi connectivity index (χ4n) is 0.916. The lowest BCUT2D eigenvalue weighted by Gasteiger charge is -2.17. The lowest BCUT2D eigenvalue weighted by atomic mass is 10.1. The summed E-state index contributed by atoms with van der Waals surface area (Å²) in [5, 5.41) is 3.98. The van der Waals surface area contributed by atoms with Gasteiger partial charge in [0.25, 0.3) is 0 Å². The van der Waals surface area contributed by atoms with Gasteiger partial charge in [0.2, 0.25) is 0 Å². The maximum absolute atomic E-state index is 13.5. The molecule has 1 aromatic rings. The smallest absolute Gasteiger partial charge is 0.146 e. The summed E-state index contributed by atoms with van der Waals surface area (Å²) in [6, 6.07) is 5.10. The molecule has 0 radical (unpaired) electrons. The van der Waals surface area contributed by atoms with E-state index >= 15 is 0 Å². The Morgan fingerprint density at radius 2 is 2.07 bits per heavy atom. The molecule has 2 nitrogen and oxygen atoms in total. The Morgan fingerprint density at radius 1 is 1.40 bits per heavy atom. The normalized spacial score (nSPS) is 12.1. The van der Waals surface area contributed by atoms with Crippen molar-refractivity contribution >= 4 is 22.1 Å². The second-order valence-electron chi connectivity index (χ2n) is 4.26. The molecule has 0 aromatic heterocycles. The van der Waals surface area contributed by atoms with Crippen LogP contribution in [-0.2, 0) is 0 Å². The fourth-order valence-corrected chi connectivity index (χ4v) is 1.30. The molecule has 0 saturated carbocycles. The van der Waals surface area contributed by atoms with E-state index in [1.165, 1.54) is 6.21 Å². The van der Waals surface area contributed by atoms with Crippen molar-refractivity contribution in [3.05, 3.63) is 34.1 Å². The minimum atomic E-state index is -0.294. The van der Waals surface area contributed by atoms with E-state index in [0.717, 1.165) is 0 Å². The second kappa shape index (κ2) is 4.75. The molecule has 0 aliphatic rings. The first-order valence-electron chi connectivity index (χ1n) is 4.64. The van der Waals surface area contributed by atoms with E-state index < -0.39 is 0 Å². The van der Waals surface area contributed by atoms with Gasteiger partial charge in [0.1, 0.15) is 5.82 Å². The maximum atomic E-state index is 13.5. The van der Waals surface area contributed by atoms with Gasteiger partial charge in [0.15, 0.2) is 0 Å². The lowest BCUT2D eigenvalue weighted by Crippen LogP contribution is -2.31. The third-order valence-electron chi connectivity index (χ3n) is 1.59. The average Bonchev–Trinajstić information content (AvgIpc) is 2.10. The largest absolute Gasteiger partial charge is 0.305 e. The number of hydrogen-bond acceptors (Lipinski definition) is 2. The molecular weight excluding hydrogens is 259 g/mol. The van der Waals surface area contributed by atoms with Crippen LogP contribution in [0.5, 0.6) is 0 Å². The van der Waals surface area contributed by atoms with Crippen LogP contribution in [0.25, 0.3) is 0 Å². The van der Waals surface area contributed by atoms with Crippen molar-refractivity contribution < 1.29 is 4.39 Å². The zero-order valence-corrected chi connectivity index (χ0v) is 10.6. The maximum Gasteiger partial charge on any atom is 0.146 e. The molecule has 0 bridgehead atoms. The van der Waals surface area contributed by atoms with Crippen LogP contribution in [0.3, 0.4) is 0 Å². The number of benzene rings is 1. The summed E-state index contributed by atoms with van der Waals surface area (Å²) in [7, 11) is 0. The van der Waals surface area contributed by atoms with Gasteiger partial charge >= 0.3 is 0 Å². The number of nitrogens with one attached hydrogen (secondary N) is 1. The molecule has 0 spiro atoms. The first-order valence-corrected chi connectivity index (χ1v) is 5.44. The van der Waals surface area contributed by atoms with Crippen LogP contribution in [-0.4, -0.2) is 11.8 Å². The van der Waals surface area contributed by atoms with E-state index in [0.29, 0.717) is 10.0 Å². The zero-order valence-electron chi connectivity index (χ0n) is 9.01. The summed E-state index contributed by atoms with van der Waals surface area (Å²) in [4.78, 5) is 0. The molecule has 4 heteroatoms. The van der Waals surface area contributed by atoms with Crippen molar-refractivity contribution in [2.24, 2.45) is 5.10 Å². The van der Waals surface area contributed by atoms with Crippen molar-refractivity contribution in [3.63, 3.8) is 0 Å². The predicted molar refractivity (Wildman–Crippen MR) is 64.6 cm³/mol. The van der Waals surface area contributed by atoms with Crippen LogP contribution < -0.4 is 5.43 Å². The first kappa shape index (κ1) is 12.2. The van der Waals surface area contributed by atoms with Gasteiger partial charge < -0.3 is 5.43 Å². The molecule has 0 heterocycles. The molecule has 0 aliphatic heterocycles. The third kappa shape index (κ3) is 4.00. The van der Waals surface area contributed by atoms with E-state index in [9.17, 15) is 4.39 Å². The lowest BCUT2D eigenvalue weighted by molar-refractivity contribution is 0.442. The molecule has 82 valence electrons. The number of hydrazone groups is 1.